The first kappa shape index (κ1) is 38.7. The Morgan fingerprint density at radius 1 is 0.578 bits per heavy atom. The summed E-state index contributed by atoms with van der Waals surface area (Å²) in [6.07, 6.45) is -1.68. The number of thioether (sulfide) groups is 5. The predicted octanol–water partition coefficient (Wildman–Crippen LogP) is 6.66. The molecule has 0 fully saturated rings. The third kappa shape index (κ3) is 18.3. The molecule has 0 bridgehead atoms. The number of carbonyl (C=O) groups excluding carboxylic acids is 2. The number of carboxylic acid groups (broad SMARTS) is 2. The van der Waals surface area contributed by atoms with Crippen LogP contribution in [0.5, 0.6) is 0 Å². The van der Waals surface area contributed by atoms with Crippen molar-refractivity contribution >= 4 is 82.7 Å². The number of benzene rings is 2. The minimum atomic E-state index is -1.12. The van der Waals surface area contributed by atoms with E-state index in [0.29, 0.717) is 23.0 Å². The van der Waals surface area contributed by atoms with Gasteiger partial charge in [-0.2, -0.15) is 35.3 Å². The molecule has 0 saturated carbocycles. The normalized spacial score (nSPS) is 12.1. The van der Waals surface area contributed by atoms with Gasteiger partial charge in [0.2, 0.25) is 0 Å². The van der Waals surface area contributed by atoms with Gasteiger partial charge in [-0.05, 0) is 24.3 Å². The van der Waals surface area contributed by atoms with Crippen LogP contribution in [0.1, 0.15) is 12.8 Å². The van der Waals surface area contributed by atoms with Gasteiger partial charge in [0, 0.05) is 67.0 Å². The van der Waals surface area contributed by atoms with Gasteiger partial charge in [-0.1, -0.05) is 49.6 Å². The van der Waals surface area contributed by atoms with Crippen LogP contribution in [-0.4, -0.2) is 92.3 Å². The summed E-state index contributed by atoms with van der Waals surface area (Å²) >= 11 is 8.31. The third-order valence-electron chi connectivity index (χ3n) is 5.56. The third-order valence-corrected chi connectivity index (χ3v) is 11.6. The molecule has 0 saturated heterocycles. The Kier molecular flexibility index (Phi) is 19.8. The second kappa shape index (κ2) is 23.0. The van der Waals surface area contributed by atoms with Gasteiger partial charge in [-0.3, -0.25) is 9.59 Å². The molecule has 13 heteroatoms. The SMILES string of the molecule is C=C(CC(=O)O)C(=O)OC(CSCCSCCSCC(CSc1ccccc1)OC(=O)C(=C)CC(=O)O)CSc1ccccc1. The largest absolute Gasteiger partial charge is 0.481 e. The molecule has 244 valence electrons. The van der Waals surface area contributed by atoms with Gasteiger partial charge in [0.15, 0.2) is 0 Å². The van der Waals surface area contributed by atoms with Crippen molar-refractivity contribution < 1.29 is 38.9 Å². The van der Waals surface area contributed by atoms with E-state index in [0.717, 1.165) is 32.8 Å². The van der Waals surface area contributed by atoms with E-state index >= 15 is 0 Å². The highest BCUT2D eigenvalue weighted by Crippen LogP contribution is 2.24. The van der Waals surface area contributed by atoms with Gasteiger partial charge < -0.3 is 19.7 Å². The van der Waals surface area contributed by atoms with Crippen LogP contribution in [0, 0.1) is 0 Å². The van der Waals surface area contributed by atoms with E-state index in [4.69, 9.17) is 19.7 Å². The quantitative estimate of drug-likeness (QED) is 0.0523. The minimum absolute atomic E-state index is 0.0730. The van der Waals surface area contributed by atoms with Gasteiger partial charge >= 0.3 is 23.9 Å². The van der Waals surface area contributed by atoms with Gasteiger partial charge in [-0.25, -0.2) is 9.59 Å². The molecule has 2 aromatic carbocycles. The number of carboxylic acids is 2. The number of hydrogen-bond donors (Lipinski definition) is 2. The molecule has 0 radical (unpaired) electrons. The van der Waals surface area contributed by atoms with E-state index in [1.807, 2.05) is 60.7 Å². The highest BCUT2D eigenvalue weighted by Gasteiger charge is 2.20. The summed E-state index contributed by atoms with van der Waals surface area (Å²) in [5.74, 6) is 2.17. The molecule has 0 aromatic heterocycles. The van der Waals surface area contributed by atoms with Crippen LogP contribution in [0.4, 0.5) is 0 Å². The lowest BCUT2D eigenvalue weighted by Gasteiger charge is -2.18. The van der Waals surface area contributed by atoms with Crippen LogP contribution in [0.25, 0.3) is 0 Å². The first-order valence-electron chi connectivity index (χ1n) is 13.9. The van der Waals surface area contributed by atoms with Crippen molar-refractivity contribution in [3.8, 4) is 0 Å². The molecule has 2 N–H and O–H groups in total. The average molecular weight is 711 g/mol. The lowest BCUT2D eigenvalue weighted by molar-refractivity contribution is -0.145. The van der Waals surface area contributed by atoms with Crippen molar-refractivity contribution in [3.63, 3.8) is 0 Å². The first-order chi connectivity index (χ1) is 21.6. The molecule has 45 heavy (non-hydrogen) atoms. The fraction of sp³-hybridized carbons (Fsp3) is 0.375. The molecule has 0 aliphatic rings. The molecule has 0 heterocycles. The monoisotopic (exact) mass is 710 g/mol. The molecule has 2 atom stereocenters. The van der Waals surface area contributed by atoms with E-state index in [-0.39, 0.29) is 11.1 Å². The number of ether oxygens (including phenoxy) is 2. The van der Waals surface area contributed by atoms with Crippen molar-refractivity contribution in [1.29, 1.82) is 0 Å². The van der Waals surface area contributed by atoms with E-state index in [1.165, 1.54) is 0 Å². The molecule has 0 amide bonds. The summed E-state index contributed by atoms with van der Waals surface area (Å²) in [5.41, 5.74) is -0.146. The second-order valence-corrected chi connectivity index (χ2v) is 15.1. The van der Waals surface area contributed by atoms with Crippen molar-refractivity contribution in [2.75, 3.05) is 46.0 Å². The van der Waals surface area contributed by atoms with Gasteiger partial charge in [0.1, 0.15) is 12.2 Å². The zero-order valence-electron chi connectivity index (χ0n) is 24.8. The maximum Gasteiger partial charge on any atom is 0.334 e. The van der Waals surface area contributed by atoms with Crippen LogP contribution in [-0.2, 0) is 28.7 Å². The molecule has 0 spiro atoms. The van der Waals surface area contributed by atoms with Crippen molar-refractivity contribution in [3.05, 3.63) is 85.0 Å². The zero-order valence-corrected chi connectivity index (χ0v) is 28.9. The highest BCUT2D eigenvalue weighted by molar-refractivity contribution is 8.04. The smallest absolute Gasteiger partial charge is 0.334 e. The fourth-order valence-electron chi connectivity index (χ4n) is 3.39. The van der Waals surface area contributed by atoms with Gasteiger partial charge in [0.05, 0.1) is 12.8 Å². The van der Waals surface area contributed by atoms with Crippen LogP contribution >= 0.6 is 58.8 Å². The van der Waals surface area contributed by atoms with E-state index in [2.05, 4.69) is 13.2 Å². The number of esters is 2. The Morgan fingerprint density at radius 3 is 1.29 bits per heavy atom. The second-order valence-electron chi connectivity index (χ2n) is 9.41. The van der Waals surface area contributed by atoms with Crippen molar-refractivity contribution in [2.45, 2.75) is 34.8 Å². The van der Waals surface area contributed by atoms with E-state index in [9.17, 15) is 19.2 Å². The summed E-state index contributed by atoms with van der Waals surface area (Å²) in [6.45, 7) is 7.11. The Morgan fingerprint density at radius 2 is 0.933 bits per heavy atom. The Bertz CT molecular complexity index is 1150. The Labute approximate surface area is 285 Å². The lowest BCUT2D eigenvalue weighted by Crippen LogP contribution is -2.25. The summed E-state index contributed by atoms with van der Waals surface area (Å²) < 4.78 is 11.2. The van der Waals surface area contributed by atoms with E-state index < -0.39 is 48.9 Å². The summed E-state index contributed by atoms with van der Waals surface area (Å²) in [7, 11) is 0. The fourth-order valence-corrected chi connectivity index (χ4v) is 8.84. The van der Waals surface area contributed by atoms with E-state index in [1.54, 1.807) is 58.8 Å². The van der Waals surface area contributed by atoms with Crippen LogP contribution < -0.4 is 0 Å². The van der Waals surface area contributed by atoms with Gasteiger partial charge in [-0.15, -0.1) is 23.5 Å². The van der Waals surface area contributed by atoms with Crippen molar-refractivity contribution in [1.82, 2.24) is 0 Å². The van der Waals surface area contributed by atoms with Gasteiger partial charge in [0.25, 0.3) is 0 Å². The molecular weight excluding hydrogens is 673 g/mol. The number of carbonyl (C=O) groups is 4. The Hall–Kier alpha value is -2.45. The molecule has 2 unspecified atom stereocenters. The maximum absolute atomic E-state index is 12.4. The number of hydrogen-bond acceptors (Lipinski definition) is 11. The standard InChI is InChI=1S/C32H38O8S5/c1-23(17-29(33)34)31(37)39-25(21-44-27-9-5-3-6-10-27)19-42-15-13-41-14-16-43-20-26(22-45-28-11-7-4-8-12-28)40-32(38)24(2)18-30(35)36/h3-12,25-26H,1-2,13-22H2,(H,33,34)(H,35,36). The minimum Gasteiger partial charge on any atom is -0.481 e. The molecule has 2 rings (SSSR count). The zero-order chi connectivity index (χ0) is 32.9. The van der Waals surface area contributed by atoms with Crippen LogP contribution in [0.3, 0.4) is 0 Å². The Balaban J connectivity index is 1.72. The summed E-state index contributed by atoms with van der Waals surface area (Å²) in [4.78, 5) is 48.7. The maximum atomic E-state index is 12.4. The number of aliphatic carboxylic acids is 2. The van der Waals surface area contributed by atoms with Crippen LogP contribution in [0.15, 0.2) is 94.8 Å². The molecule has 0 aliphatic heterocycles. The topological polar surface area (TPSA) is 127 Å². The predicted molar refractivity (Wildman–Crippen MR) is 189 cm³/mol. The molecular formula is C32H38O8S5. The van der Waals surface area contributed by atoms with Crippen LogP contribution in [0.2, 0.25) is 0 Å². The van der Waals surface area contributed by atoms with Crippen molar-refractivity contribution in [2.24, 2.45) is 0 Å². The first-order valence-corrected chi connectivity index (χ1v) is 19.4. The lowest BCUT2D eigenvalue weighted by atomic mass is 10.2. The summed E-state index contributed by atoms with van der Waals surface area (Å²) in [6, 6.07) is 19.6. The average Bonchev–Trinajstić information content (AvgIpc) is 3.01. The highest BCUT2D eigenvalue weighted by atomic mass is 32.2. The number of rotatable bonds is 24. The molecule has 0 aliphatic carbocycles. The molecule has 8 nitrogen and oxygen atoms in total. The summed E-state index contributed by atoms with van der Waals surface area (Å²) in [5, 5.41) is 17.9. The molecule has 2 aromatic rings.